The van der Waals surface area contributed by atoms with Crippen molar-refractivity contribution in [3.63, 3.8) is 0 Å². The van der Waals surface area contributed by atoms with Crippen molar-refractivity contribution in [1.82, 2.24) is 0 Å². The average Bonchev–Trinajstić information content (AvgIpc) is 3.15. The molecule has 0 aliphatic heterocycles. The molecule has 0 radical (unpaired) electrons. The van der Waals surface area contributed by atoms with E-state index in [1.54, 1.807) is 48.5 Å². The zero-order valence-corrected chi connectivity index (χ0v) is 31.5. The van der Waals surface area contributed by atoms with Crippen LogP contribution in [0.15, 0.2) is 121 Å². The number of rotatable bonds is 14. The lowest BCUT2D eigenvalue weighted by atomic mass is 9.78. The fraction of sp³-hybridized carbons (Fsp3) is 0.289. The molecule has 2 unspecified atom stereocenters. The van der Waals surface area contributed by atoms with Crippen LogP contribution < -0.4 is 9.47 Å². The Kier molecular flexibility index (Phi) is 11.1. The summed E-state index contributed by atoms with van der Waals surface area (Å²) in [6, 6.07) is 38.4. The molecule has 5 heteroatoms. The number of benzene rings is 5. The first kappa shape index (κ1) is 36.7. The van der Waals surface area contributed by atoms with Crippen LogP contribution in [0.2, 0.25) is 0 Å². The van der Waals surface area contributed by atoms with Crippen molar-refractivity contribution >= 4 is 20.8 Å². The molecule has 0 aromatic heterocycles. The Balaban J connectivity index is 1.22. The van der Waals surface area contributed by atoms with E-state index in [-0.39, 0.29) is 28.0 Å². The number of carbonyl (C=O) groups is 2. The van der Waals surface area contributed by atoms with Gasteiger partial charge in [0.15, 0.2) is 11.6 Å². The molecule has 5 aromatic carbocycles. The van der Waals surface area contributed by atoms with Gasteiger partial charge in [-0.15, -0.1) is 9.24 Å². The Labute approximate surface area is 300 Å². The summed E-state index contributed by atoms with van der Waals surface area (Å²) in [5.74, 6) is 1.96. The van der Waals surface area contributed by atoms with Gasteiger partial charge in [-0.25, -0.2) is 0 Å². The molecule has 258 valence electrons. The van der Waals surface area contributed by atoms with Gasteiger partial charge in [0.1, 0.15) is 22.8 Å². The van der Waals surface area contributed by atoms with Crippen molar-refractivity contribution in [3.8, 4) is 17.2 Å². The van der Waals surface area contributed by atoms with E-state index < -0.39 is 0 Å². The van der Waals surface area contributed by atoms with Gasteiger partial charge in [0.05, 0.1) is 0 Å². The van der Waals surface area contributed by atoms with E-state index in [9.17, 15) is 9.59 Å². The van der Waals surface area contributed by atoms with Crippen LogP contribution in [-0.2, 0) is 10.8 Å². The maximum atomic E-state index is 13.4. The van der Waals surface area contributed by atoms with Crippen LogP contribution in [0.5, 0.6) is 17.2 Å². The van der Waals surface area contributed by atoms with Crippen LogP contribution in [-0.4, -0.2) is 23.3 Å². The van der Waals surface area contributed by atoms with Crippen LogP contribution in [0.3, 0.4) is 0 Å². The van der Waals surface area contributed by atoms with Gasteiger partial charge in [-0.3, -0.25) is 9.59 Å². The molecule has 0 saturated carbocycles. The van der Waals surface area contributed by atoms with Crippen LogP contribution in [0, 0.1) is 0 Å². The molecule has 0 saturated heterocycles. The summed E-state index contributed by atoms with van der Waals surface area (Å²) < 4.78 is 12.4. The molecule has 0 amide bonds. The summed E-state index contributed by atoms with van der Waals surface area (Å²) in [5, 5.41) is 0. The minimum Gasteiger partial charge on any atom is -0.487 e. The van der Waals surface area contributed by atoms with Crippen molar-refractivity contribution in [2.24, 2.45) is 0 Å². The monoisotopic (exact) mass is 684 g/mol. The molecule has 5 aromatic rings. The Morgan fingerprint density at radius 1 is 0.540 bits per heavy atom. The molecular formula is C45H49O4P. The third-order valence-electron chi connectivity index (χ3n) is 10.2. The molecule has 50 heavy (non-hydrogen) atoms. The molecule has 0 spiro atoms. The molecular weight excluding hydrogens is 635 g/mol. The van der Waals surface area contributed by atoms with Crippen molar-refractivity contribution in [2.45, 2.75) is 77.7 Å². The fourth-order valence-corrected chi connectivity index (χ4v) is 6.18. The Hall–Kier alpha value is -4.53. The third kappa shape index (κ3) is 8.25. The number of ether oxygens (including phenoxy) is 2. The van der Waals surface area contributed by atoms with Crippen molar-refractivity contribution in [3.05, 3.63) is 160 Å². The Morgan fingerprint density at radius 3 is 1.40 bits per heavy atom. The first-order valence-electron chi connectivity index (χ1n) is 17.5. The first-order valence-corrected chi connectivity index (χ1v) is 18.3. The molecule has 0 aliphatic carbocycles. The van der Waals surface area contributed by atoms with E-state index in [4.69, 9.17) is 9.47 Å². The predicted octanol–water partition coefficient (Wildman–Crippen LogP) is 11.4. The molecule has 0 heterocycles. The van der Waals surface area contributed by atoms with Gasteiger partial charge >= 0.3 is 0 Å². The standard InChI is InChI=1S/C45H49O4P/c1-8-43(3,4)35-17-13-31(14-18-35)41(46)33-11-10-12-34(29-33)42(47)32-15-23-38(24-16-32)48-39-25-19-36(20-26-39)44(5,6)37-21-27-40(28-22-37)49-45(7,9-2)30-50/h10-29H,8-9,30,50H2,1-7H3. The highest BCUT2D eigenvalue weighted by Crippen LogP contribution is 2.35. The lowest BCUT2D eigenvalue weighted by Gasteiger charge is -2.29. The van der Waals surface area contributed by atoms with Gasteiger partial charge in [0.2, 0.25) is 0 Å². The smallest absolute Gasteiger partial charge is 0.193 e. The SMILES string of the molecule is CCC(C)(CP)Oc1ccc(C(C)(C)c2ccc(Oc3ccc(C(=O)c4cccc(C(=O)c5ccc(C(C)(C)CC)cc5)c4)cc3)cc2)cc1. The highest BCUT2D eigenvalue weighted by molar-refractivity contribution is 7.16. The number of ketones is 2. The van der Waals surface area contributed by atoms with Gasteiger partial charge in [0.25, 0.3) is 0 Å². The van der Waals surface area contributed by atoms with Gasteiger partial charge in [-0.1, -0.05) is 108 Å². The highest BCUT2D eigenvalue weighted by Gasteiger charge is 2.25. The molecule has 0 fully saturated rings. The van der Waals surface area contributed by atoms with Crippen LogP contribution >= 0.6 is 9.24 Å². The van der Waals surface area contributed by atoms with E-state index in [1.165, 1.54) is 16.7 Å². The molecule has 2 atom stereocenters. The van der Waals surface area contributed by atoms with Crippen molar-refractivity contribution < 1.29 is 19.1 Å². The maximum absolute atomic E-state index is 13.4. The maximum Gasteiger partial charge on any atom is 0.193 e. The fourth-order valence-electron chi connectivity index (χ4n) is 5.81. The lowest BCUT2D eigenvalue weighted by Crippen LogP contribution is -2.33. The molecule has 0 bridgehead atoms. The Bertz CT molecular complexity index is 1920. The predicted molar refractivity (Wildman–Crippen MR) is 208 cm³/mol. The Morgan fingerprint density at radius 2 is 0.960 bits per heavy atom. The molecule has 4 nitrogen and oxygen atoms in total. The highest BCUT2D eigenvalue weighted by atomic mass is 31.0. The van der Waals surface area contributed by atoms with Gasteiger partial charge in [-0.05, 0) is 96.5 Å². The topological polar surface area (TPSA) is 52.6 Å². The van der Waals surface area contributed by atoms with Crippen LogP contribution in [0.4, 0.5) is 0 Å². The summed E-state index contributed by atoms with van der Waals surface area (Å²) in [7, 11) is 2.79. The quantitative estimate of drug-likeness (QED) is 0.0863. The van der Waals surface area contributed by atoms with E-state index in [0.717, 1.165) is 24.8 Å². The van der Waals surface area contributed by atoms with Crippen LogP contribution in [0.1, 0.15) is 110 Å². The second-order valence-corrected chi connectivity index (χ2v) is 14.9. The summed E-state index contributed by atoms with van der Waals surface area (Å²) in [5.41, 5.74) is 5.28. The summed E-state index contributed by atoms with van der Waals surface area (Å²) in [6.07, 6.45) is 2.82. The average molecular weight is 685 g/mol. The first-order chi connectivity index (χ1) is 23.8. The van der Waals surface area contributed by atoms with E-state index in [0.29, 0.717) is 33.8 Å². The summed E-state index contributed by atoms with van der Waals surface area (Å²) in [4.78, 5) is 26.7. The van der Waals surface area contributed by atoms with Crippen molar-refractivity contribution in [1.29, 1.82) is 0 Å². The minimum absolute atomic E-state index is 0.0473. The van der Waals surface area contributed by atoms with Gasteiger partial charge in [-0.2, -0.15) is 0 Å². The number of hydrogen-bond acceptors (Lipinski definition) is 4. The number of hydrogen-bond donors (Lipinski definition) is 0. The second-order valence-electron chi connectivity index (χ2n) is 14.5. The van der Waals surface area contributed by atoms with E-state index >= 15 is 0 Å². The zero-order chi connectivity index (χ0) is 36.1. The van der Waals surface area contributed by atoms with Gasteiger partial charge in [0, 0.05) is 33.8 Å². The van der Waals surface area contributed by atoms with Gasteiger partial charge < -0.3 is 9.47 Å². The lowest BCUT2D eigenvalue weighted by molar-refractivity contribution is 0.103. The van der Waals surface area contributed by atoms with Crippen LogP contribution in [0.25, 0.3) is 0 Å². The number of carbonyl (C=O) groups excluding carboxylic acids is 2. The van der Waals surface area contributed by atoms with E-state index in [1.807, 2.05) is 36.4 Å². The summed E-state index contributed by atoms with van der Waals surface area (Å²) >= 11 is 0. The van der Waals surface area contributed by atoms with Crippen molar-refractivity contribution in [2.75, 3.05) is 6.16 Å². The normalized spacial score (nSPS) is 13.0. The molecule has 5 rings (SSSR count). The molecule has 0 aliphatic rings. The molecule has 0 N–H and O–H groups in total. The minimum atomic E-state index is -0.216. The third-order valence-corrected chi connectivity index (χ3v) is 11.1. The zero-order valence-electron chi connectivity index (χ0n) is 30.4. The van der Waals surface area contributed by atoms with E-state index in [2.05, 4.69) is 94.1 Å². The summed E-state index contributed by atoms with van der Waals surface area (Å²) in [6.45, 7) is 15.3. The second kappa shape index (κ2) is 15.2. The largest absolute Gasteiger partial charge is 0.487 e.